The molecule has 0 amide bonds. The predicted molar refractivity (Wildman–Crippen MR) is 88.2 cm³/mol. The van der Waals surface area contributed by atoms with Gasteiger partial charge in [0.05, 0.1) is 23.4 Å². The lowest BCUT2D eigenvalue weighted by atomic mass is 9.98. The Kier molecular flexibility index (Phi) is 4.01. The number of aryl methyl sites for hydroxylation is 1. The fourth-order valence-corrected chi connectivity index (χ4v) is 2.73. The van der Waals surface area contributed by atoms with Crippen LogP contribution in [0.25, 0.3) is 22.0 Å². The van der Waals surface area contributed by atoms with Crippen molar-refractivity contribution < 1.29 is 13.9 Å². The average Bonchev–Trinajstić information content (AvgIpc) is 2.56. The molecule has 3 rings (SSSR count). The molecule has 0 spiro atoms. The highest BCUT2D eigenvalue weighted by molar-refractivity contribution is 6.35. The highest BCUT2D eigenvalue weighted by atomic mass is 35.5. The van der Waals surface area contributed by atoms with Crippen molar-refractivity contribution in [3.63, 3.8) is 0 Å². The second-order valence-electron chi connectivity index (χ2n) is 5.17. The molecule has 0 aliphatic carbocycles. The number of methoxy groups -OCH3 is 1. The van der Waals surface area contributed by atoms with Crippen molar-refractivity contribution in [2.24, 2.45) is 0 Å². The number of hydrogen-bond acceptors (Lipinski definition) is 3. The van der Waals surface area contributed by atoms with Crippen molar-refractivity contribution in [2.45, 2.75) is 6.92 Å². The van der Waals surface area contributed by atoms with Crippen LogP contribution in [0.2, 0.25) is 5.02 Å². The first-order chi connectivity index (χ1) is 11.0. The van der Waals surface area contributed by atoms with E-state index in [4.69, 9.17) is 16.3 Å². The number of ether oxygens (including phenoxy) is 1. The lowest BCUT2D eigenvalue weighted by Gasteiger charge is -2.11. The molecule has 0 saturated carbocycles. The molecule has 0 atom stereocenters. The monoisotopic (exact) mass is 329 g/mol. The number of benzene rings is 2. The number of pyridine rings is 1. The molecular formula is C18H13ClFNO2. The van der Waals surface area contributed by atoms with Gasteiger partial charge in [-0.3, -0.25) is 4.98 Å². The summed E-state index contributed by atoms with van der Waals surface area (Å²) < 4.78 is 18.4. The van der Waals surface area contributed by atoms with E-state index in [1.807, 2.05) is 6.92 Å². The minimum atomic E-state index is -0.450. The van der Waals surface area contributed by atoms with Gasteiger partial charge in [0.2, 0.25) is 0 Å². The molecule has 5 heteroatoms. The van der Waals surface area contributed by atoms with Gasteiger partial charge in [-0.15, -0.1) is 0 Å². The van der Waals surface area contributed by atoms with Crippen molar-refractivity contribution in [3.8, 4) is 11.3 Å². The zero-order chi connectivity index (χ0) is 16.6. The molecular weight excluding hydrogens is 317 g/mol. The van der Waals surface area contributed by atoms with Gasteiger partial charge in [-0.05, 0) is 36.8 Å². The second kappa shape index (κ2) is 5.97. The molecule has 0 unspecified atom stereocenters. The van der Waals surface area contributed by atoms with Crippen molar-refractivity contribution in [3.05, 3.63) is 64.6 Å². The first kappa shape index (κ1) is 15.4. The summed E-state index contributed by atoms with van der Waals surface area (Å²) in [7, 11) is 1.32. The van der Waals surface area contributed by atoms with Crippen molar-refractivity contribution in [1.82, 2.24) is 4.98 Å². The predicted octanol–water partition coefficient (Wildman–Crippen LogP) is 4.79. The normalized spacial score (nSPS) is 10.8. The molecule has 0 aliphatic heterocycles. The SMILES string of the molecule is COC(=O)c1ccc2c(Cl)cnc(-c3cc(F)ccc3C)c2c1. The zero-order valence-corrected chi connectivity index (χ0v) is 13.3. The summed E-state index contributed by atoms with van der Waals surface area (Å²) in [5, 5.41) is 1.89. The van der Waals surface area contributed by atoms with E-state index < -0.39 is 5.97 Å². The molecule has 0 N–H and O–H groups in total. The minimum Gasteiger partial charge on any atom is -0.465 e. The van der Waals surface area contributed by atoms with Gasteiger partial charge < -0.3 is 4.74 Å². The van der Waals surface area contributed by atoms with Crippen LogP contribution in [0.3, 0.4) is 0 Å². The number of fused-ring (bicyclic) bond motifs is 1. The third-order valence-corrected chi connectivity index (χ3v) is 4.02. The quantitative estimate of drug-likeness (QED) is 0.634. The van der Waals surface area contributed by atoms with Crippen LogP contribution in [0.5, 0.6) is 0 Å². The Morgan fingerprint density at radius 3 is 2.70 bits per heavy atom. The van der Waals surface area contributed by atoms with Gasteiger partial charge in [0.25, 0.3) is 0 Å². The molecule has 0 bridgehead atoms. The molecule has 1 heterocycles. The smallest absolute Gasteiger partial charge is 0.337 e. The Hall–Kier alpha value is -2.46. The molecule has 3 nitrogen and oxygen atoms in total. The zero-order valence-electron chi connectivity index (χ0n) is 12.6. The van der Waals surface area contributed by atoms with Gasteiger partial charge in [-0.25, -0.2) is 9.18 Å². The van der Waals surface area contributed by atoms with Crippen LogP contribution < -0.4 is 0 Å². The second-order valence-corrected chi connectivity index (χ2v) is 5.57. The van der Waals surface area contributed by atoms with Gasteiger partial charge in [-0.1, -0.05) is 23.7 Å². The average molecular weight is 330 g/mol. The molecule has 0 radical (unpaired) electrons. The third kappa shape index (κ3) is 2.78. The number of nitrogens with zero attached hydrogens (tertiary/aromatic N) is 1. The fraction of sp³-hybridized carbons (Fsp3) is 0.111. The van der Waals surface area contributed by atoms with Crippen LogP contribution in [-0.2, 0) is 4.74 Å². The van der Waals surface area contributed by atoms with E-state index in [-0.39, 0.29) is 5.82 Å². The highest BCUT2D eigenvalue weighted by Gasteiger charge is 2.14. The topological polar surface area (TPSA) is 39.2 Å². The minimum absolute atomic E-state index is 0.348. The van der Waals surface area contributed by atoms with E-state index in [9.17, 15) is 9.18 Å². The summed E-state index contributed by atoms with van der Waals surface area (Å²) in [4.78, 5) is 16.1. The number of aromatic nitrogens is 1. The van der Waals surface area contributed by atoms with Crippen LogP contribution in [0.15, 0.2) is 42.6 Å². The van der Waals surface area contributed by atoms with Gasteiger partial charge >= 0.3 is 5.97 Å². The summed E-state index contributed by atoms with van der Waals surface area (Å²) in [5.41, 5.74) is 2.51. The molecule has 0 fully saturated rings. The van der Waals surface area contributed by atoms with E-state index in [1.54, 1.807) is 24.3 Å². The largest absolute Gasteiger partial charge is 0.465 e. The van der Waals surface area contributed by atoms with Crippen LogP contribution >= 0.6 is 11.6 Å². The first-order valence-electron chi connectivity index (χ1n) is 6.94. The molecule has 3 aromatic rings. The van der Waals surface area contributed by atoms with E-state index >= 15 is 0 Å². The molecule has 2 aromatic carbocycles. The van der Waals surface area contributed by atoms with E-state index in [2.05, 4.69) is 4.98 Å². The Bertz CT molecular complexity index is 924. The van der Waals surface area contributed by atoms with Crippen molar-refractivity contribution in [2.75, 3.05) is 7.11 Å². The number of carbonyl (C=O) groups is 1. The summed E-state index contributed by atoms with van der Waals surface area (Å²) >= 11 is 6.20. The summed E-state index contributed by atoms with van der Waals surface area (Å²) in [6, 6.07) is 9.56. The fourth-order valence-electron chi connectivity index (χ4n) is 2.52. The van der Waals surface area contributed by atoms with Gasteiger partial charge in [0.1, 0.15) is 5.82 Å². The standard InChI is InChI=1S/C18H13ClFNO2/c1-10-3-5-12(20)8-14(10)17-15-7-11(18(22)23-2)4-6-13(15)16(19)9-21-17/h3-9H,1-2H3. The molecule has 0 aliphatic rings. The van der Waals surface area contributed by atoms with Crippen LogP contribution in [0.1, 0.15) is 15.9 Å². The van der Waals surface area contributed by atoms with Gasteiger partial charge in [0, 0.05) is 22.5 Å². The maximum atomic E-state index is 13.6. The summed E-state index contributed by atoms with van der Waals surface area (Å²) in [6.07, 6.45) is 1.53. The lowest BCUT2D eigenvalue weighted by molar-refractivity contribution is 0.0601. The van der Waals surface area contributed by atoms with Crippen LogP contribution in [0.4, 0.5) is 4.39 Å². The van der Waals surface area contributed by atoms with Crippen molar-refractivity contribution in [1.29, 1.82) is 0 Å². The molecule has 23 heavy (non-hydrogen) atoms. The Balaban J connectivity index is 2.34. The lowest BCUT2D eigenvalue weighted by Crippen LogP contribution is -2.01. The van der Waals surface area contributed by atoms with Gasteiger partial charge in [-0.2, -0.15) is 0 Å². The first-order valence-corrected chi connectivity index (χ1v) is 7.32. The number of esters is 1. The van der Waals surface area contributed by atoms with Crippen LogP contribution in [0, 0.1) is 12.7 Å². The maximum Gasteiger partial charge on any atom is 0.337 e. The summed E-state index contributed by atoms with van der Waals surface area (Å²) in [5.74, 6) is -0.798. The Labute approximate surface area is 137 Å². The van der Waals surface area contributed by atoms with E-state index in [0.29, 0.717) is 27.2 Å². The number of rotatable bonds is 2. The number of halogens is 2. The Morgan fingerprint density at radius 2 is 1.96 bits per heavy atom. The molecule has 0 saturated heterocycles. The van der Waals surface area contributed by atoms with Crippen LogP contribution in [-0.4, -0.2) is 18.1 Å². The summed E-state index contributed by atoms with van der Waals surface area (Å²) in [6.45, 7) is 1.88. The van der Waals surface area contributed by atoms with Gasteiger partial charge in [0.15, 0.2) is 0 Å². The molecule has 1 aromatic heterocycles. The highest BCUT2D eigenvalue weighted by Crippen LogP contribution is 2.33. The maximum absolute atomic E-state index is 13.6. The van der Waals surface area contributed by atoms with E-state index in [0.717, 1.165) is 10.9 Å². The third-order valence-electron chi connectivity index (χ3n) is 3.71. The number of carbonyl (C=O) groups excluding carboxylic acids is 1. The van der Waals surface area contributed by atoms with Crippen molar-refractivity contribution >= 4 is 28.3 Å². The number of hydrogen-bond donors (Lipinski definition) is 0. The molecule has 116 valence electrons. The van der Waals surface area contributed by atoms with E-state index in [1.165, 1.54) is 25.4 Å². The Morgan fingerprint density at radius 1 is 1.17 bits per heavy atom.